The van der Waals surface area contributed by atoms with Crippen molar-refractivity contribution in [1.29, 1.82) is 0 Å². The first kappa shape index (κ1) is 10.2. The molecule has 0 aliphatic carbocycles. The lowest BCUT2D eigenvalue weighted by Gasteiger charge is -2.05. The summed E-state index contributed by atoms with van der Waals surface area (Å²) in [7, 11) is 0. The Morgan fingerprint density at radius 3 is 2.75 bits per heavy atom. The van der Waals surface area contributed by atoms with Gasteiger partial charge >= 0.3 is 0 Å². The SMILES string of the molecule is CC(C)NCCc1ccc(Br)s1. The molecule has 0 atom stereocenters. The highest BCUT2D eigenvalue weighted by Gasteiger charge is 1.97. The molecule has 0 bridgehead atoms. The van der Waals surface area contributed by atoms with Crippen molar-refractivity contribution < 1.29 is 0 Å². The van der Waals surface area contributed by atoms with Crippen LogP contribution in [0, 0.1) is 0 Å². The summed E-state index contributed by atoms with van der Waals surface area (Å²) in [6, 6.07) is 4.87. The Balaban J connectivity index is 2.24. The molecule has 0 radical (unpaired) electrons. The summed E-state index contributed by atoms with van der Waals surface area (Å²) in [5, 5.41) is 3.39. The van der Waals surface area contributed by atoms with Crippen LogP contribution in [-0.2, 0) is 6.42 Å². The van der Waals surface area contributed by atoms with E-state index in [9.17, 15) is 0 Å². The van der Waals surface area contributed by atoms with E-state index in [-0.39, 0.29) is 0 Å². The van der Waals surface area contributed by atoms with Crippen LogP contribution < -0.4 is 5.32 Å². The second kappa shape index (κ2) is 5.00. The summed E-state index contributed by atoms with van der Waals surface area (Å²) in [5.74, 6) is 0. The molecule has 1 aromatic heterocycles. The van der Waals surface area contributed by atoms with Crippen LogP contribution in [0.2, 0.25) is 0 Å². The van der Waals surface area contributed by atoms with E-state index in [1.807, 2.05) is 11.3 Å². The Hall–Kier alpha value is 0.140. The van der Waals surface area contributed by atoms with Gasteiger partial charge in [0, 0.05) is 17.5 Å². The molecule has 0 aliphatic heterocycles. The summed E-state index contributed by atoms with van der Waals surface area (Å²) in [6.07, 6.45) is 1.13. The zero-order chi connectivity index (χ0) is 8.97. The average molecular weight is 248 g/mol. The zero-order valence-electron chi connectivity index (χ0n) is 7.43. The molecule has 1 rings (SSSR count). The highest BCUT2D eigenvalue weighted by molar-refractivity contribution is 9.11. The minimum Gasteiger partial charge on any atom is -0.314 e. The Kier molecular flexibility index (Phi) is 4.26. The lowest BCUT2D eigenvalue weighted by Crippen LogP contribution is -2.24. The van der Waals surface area contributed by atoms with Crippen molar-refractivity contribution in [1.82, 2.24) is 5.32 Å². The van der Waals surface area contributed by atoms with E-state index < -0.39 is 0 Å². The zero-order valence-corrected chi connectivity index (χ0v) is 9.83. The van der Waals surface area contributed by atoms with E-state index in [2.05, 4.69) is 47.2 Å². The summed E-state index contributed by atoms with van der Waals surface area (Å²) in [6.45, 7) is 5.42. The van der Waals surface area contributed by atoms with Crippen molar-refractivity contribution >= 4 is 27.3 Å². The van der Waals surface area contributed by atoms with Gasteiger partial charge in [-0.2, -0.15) is 0 Å². The molecule has 1 nitrogen and oxygen atoms in total. The molecular weight excluding hydrogens is 234 g/mol. The third kappa shape index (κ3) is 3.70. The second-order valence-corrected chi connectivity index (χ2v) is 5.61. The molecule has 0 fully saturated rings. The molecule has 0 aromatic carbocycles. The monoisotopic (exact) mass is 247 g/mol. The number of thiophene rings is 1. The predicted octanol–water partition coefficient (Wildman–Crippen LogP) is 3.05. The fourth-order valence-corrected chi connectivity index (χ4v) is 2.45. The van der Waals surface area contributed by atoms with Gasteiger partial charge in [-0.1, -0.05) is 13.8 Å². The van der Waals surface area contributed by atoms with Crippen LogP contribution in [0.1, 0.15) is 18.7 Å². The van der Waals surface area contributed by atoms with Crippen LogP contribution in [0.3, 0.4) is 0 Å². The predicted molar refractivity (Wildman–Crippen MR) is 58.9 cm³/mol. The number of halogens is 1. The van der Waals surface area contributed by atoms with Crippen molar-refractivity contribution in [2.75, 3.05) is 6.54 Å². The summed E-state index contributed by atoms with van der Waals surface area (Å²) >= 11 is 5.27. The van der Waals surface area contributed by atoms with Gasteiger partial charge in [0.25, 0.3) is 0 Å². The molecule has 0 saturated carbocycles. The molecule has 0 amide bonds. The van der Waals surface area contributed by atoms with E-state index in [1.165, 1.54) is 8.66 Å². The number of hydrogen-bond donors (Lipinski definition) is 1. The van der Waals surface area contributed by atoms with Gasteiger partial charge in [0.1, 0.15) is 0 Å². The molecular formula is C9H14BrNS. The molecule has 0 aliphatic rings. The number of nitrogens with one attached hydrogen (secondary N) is 1. The van der Waals surface area contributed by atoms with Crippen LogP contribution in [0.15, 0.2) is 15.9 Å². The van der Waals surface area contributed by atoms with Gasteiger partial charge in [0.2, 0.25) is 0 Å². The summed E-state index contributed by atoms with van der Waals surface area (Å²) in [4.78, 5) is 1.44. The number of rotatable bonds is 4. The third-order valence-electron chi connectivity index (χ3n) is 1.55. The minimum atomic E-state index is 0.591. The minimum absolute atomic E-state index is 0.591. The van der Waals surface area contributed by atoms with E-state index in [0.717, 1.165) is 13.0 Å². The van der Waals surface area contributed by atoms with Crippen LogP contribution in [0.5, 0.6) is 0 Å². The summed E-state index contributed by atoms with van der Waals surface area (Å²) < 4.78 is 1.22. The molecule has 1 aromatic rings. The fraction of sp³-hybridized carbons (Fsp3) is 0.556. The topological polar surface area (TPSA) is 12.0 Å². The van der Waals surface area contributed by atoms with Crippen LogP contribution >= 0.6 is 27.3 Å². The molecule has 12 heavy (non-hydrogen) atoms. The standard InChI is InChI=1S/C9H14BrNS/c1-7(2)11-6-5-8-3-4-9(10)12-8/h3-4,7,11H,5-6H2,1-2H3. The third-order valence-corrected chi connectivity index (χ3v) is 3.24. The van der Waals surface area contributed by atoms with Crippen molar-refractivity contribution in [2.45, 2.75) is 26.3 Å². The molecule has 1 heterocycles. The van der Waals surface area contributed by atoms with E-state index in [4.69, 9.17) is 0 Å². The molecule has 1 N–H and O–H groups in total. The van der Waals surface area contributed by atoms with E-state index >= 15 is 0 Å². The molecule has 0 saturated heterocycles. The maximum Gasteiger partial charge on any atom is 0.0701 e. The maximum atomic E-state index is 3.45. The van der Waals surface area contributed by atoms with E-state index in [0.29, 0.717) is 6.04 Å². The highest BCUT2D eigenvalue weighted by atomic mass is 79.9. The first-order chi connectivity index (χ1) is 5.68. The normalized spacial score (nSPS) is 11.0. The summed E-state index contributed by atoms with van der Waals surface area (Å²) in [5.41, 5.74) is 0. The number of hydrogen-bond acceptors (Lipinski definition) is 2. The first-order valence-corrected chi connectivity index (χ1v) is 5.77. The lowest BCUT2D eigenvalue weighted by molar-refractivity contribution is 0.592. The highest BCUT2D eigenvalue weighted by Crippen LogP contribution is 2.21. The first-order valence-electron chi connectivity index (χ1n) is 4.16. The maximum absolute atomic E-state index is 3.45. The van der Waals surface area contributed by atoms with Crippen molar-refractivity contribution in [2.24, 2.45) is 0 Å². The largest absolute Gasteiger partial charge is 0.314 e. The quantitative estimate of drug-likeness (QED) is 0.863. The van der Waals surface area contributed by atoms with Crippen molar-refractivity contribution in [3.8, 4) is 0 Å². The Labute approximate surface area is 86.3 Å². The van der Waals surface area contributed by atoms with E-state index in [1.54, 1.807) is 0 Å². The second-order valence-electron chi connectivity index (χ2n) is 3.06. The van der Waals surface area contributed by atoms with Gasteiger partial charge in [0.05, 0.1) is 3.79 Å². The lowest BCUT2D eigenvalue weighted by atomic mass is 10.3. The van der Waals surface area contributed by atoms with Crippen molar-refractivity contribution in [3.05, 3.63) is 20.8 Å². The van der Waals surface area contributed by atoms with Crippen LogP contribution in [0.4, 0.5) is 0 Å². The van der Waals surface area contributed by atoms with Crippen LogP contribution in [0.25, 0.3) is 0 Å². The Morgan fingerprint density at radius 1 is 1.50 bits per heavy atom. The molecule has 0 unspecified atom stereocenters. The Bertz CT molecular complexity index is 232. The Morgan fingerprint density at radius 2 is 2.25 bits per heavy atom. The average Bonchev–Trinajstić information content (AvgIpc) is 2.35. The van der Waals surface area contributed by atoms with Gasteiger partial charge in [-0.05, 0) is 34.5 Å². The van der Waals surface area contributed by atoms with Gasteiger partial charge in [-0.25, -0.2) is 0 Å². The van der Waals surface area contributed by atoms with Gasteiger partial charge in [0.15, 0.2) is 0 Å². The van der Waals surface area contributed by atoms with Gasteiger partial charge in [-0.15, -0.1) is 11.3 Å². The van der Waals surface area contributed by atoms with Gasteiger partial charge in [-0.3, -0.25) is 0 Å². The molecule has 68 valence electrons. The molecule has 3 heteroatoms. The smallest absolute Gasteiger partial charge is 0.0701 e. The molecule has 0 spiro atoms. The van der Waals surface area contributed by atoms with Crippen LogP contribution in [-0.4, -0.2) is 12.6 Å². The van der Waals surface area contributed by atoms with Crippen molar-refractivity contribution in [3.63, 3.8) is 0 Å². The van der Waals surface area contributed by atoms with Gasteiger partial charge < -0.3 is 5.32 Å². The fourth-order valence-electron chi connectivity index (χ4n) is 0.970.